The number of aryl methyl sites for hydroxylation is 1. The van der Waals surface area contributed by atoms with Crippen LogP contribution in [0.15, 0.2) is 24.3 Å². The van der Waals surface area contributed by atoms with E-state index in [0.717, 1.165) is 0 Å². The summed E-state index contributed by atoms with van der Waals surface area (Å²) in [5, 5.41) is 3.69. The maximum atomic E-state index is 3.69. The SMILES string of the molecule is Cc1cccc(C(C)NC2CC2(C)C)c1. The molecule has 1 fully saturated rings. The highest BCUT2D eigenvalue weighted by molar-refractivity contribution is 5.25. The molecule has 82 valence electrons. The minimum Gasteiger partial charge on any atom is -0.307 e. The fourth-order valence-corrected chi connectivity index (χ4v) is 2.09. The third kappa shape index (κ3) is 2.40. The van der Waals surface area contributed by atoms with Gasteiger partial charge in [0, 0.05) is 12.1 Å². The smallest absolute Gasteiger partial charge is 0.0294 e. The Balaban J connectivity index is 1.99. The standard InChI is InChI=1S/C14H21N/c1-10-6-5-7-12(8-10)11(2)15-13-9-14(13,3)4/h5-8,11,13,15H,9H2,1-4H3. The van der Waals surface area contributed by atoms with Gasteiger partial charge in [0.25, 0.3) is 0 Å². The van der Waals surface area contributed by atoms with E-state index in [1.54, 1.807) is 0 Å². The van der Waals surface area contributed by atoms with Crippen LogP contribution in [-0.4, -0.2) is 6.04 Å². The Labute approximate surface area is 92.9 Å². The molecule has 1 aromatic carbocycles. The molecule has 0 heterocycles. The molecule has 2 atom stereocenters. The number of hydrogen-bond donors (Lipinski definition) is 1. The lowest BCUT2D eigenvalue weighted by Crippen LogP contribution is -2.24. The van der Waals surface area contributed by atoms with Gasteiger partial charge in [0.1, 0.15) is 0 Å². The summed E-state index contributed by atoms with van der Waals surface area (Å²) in [4.78, 5) is 0. The van der Waals surface area contributed by atoms with Crippen molar-refractivity contribution < 1.29 is 0 Å². The molecule has 1 N–H and O–H groups in total. The van der Waals surface area contributed by atoms with Crippen molar-refractivity contribution in [3.63, 3.8) is 0 Å². The minimum atomic E-state index is 0.469. The maximum Gasteiger partial charge on any atom is 0.0294 e. The van der Waals surface area contributed by atoms with E-state index < -0.39 is 0 Å². The van der Waals surface area contributed by atoms with E-state index in [1.165, 1.54) is 17.5 Å². The normalized spacial score (nSPS) is 24.9. The van der Waals surface area contributed by atoms with Crippen LogP contribution in [0.25, 0.3) is 0 Å². The van der Waals surface area contributed by atoms with Crippen LogP contribution >= 0.6 is 0 Å². The summed E-state index contributed by atoms with van der Waals surface area (Å²) < 4.78 is 0. The predicted octanol–water partition coefficient (Wildman–Crippen LogP) is 3.44. The number of rotatable bonds is 3. The molecule has 0 bridgehead atoms. The van der Waals surface area contributed by atoms with Gasteiger partial charge in [-0.05, 0) is 31.2 Å². The molecule has 15 heavy (non-hydrogen) atoms. The monoisotopic (exact) mass is 203 g/mol. The van der Waals surface area contributed by atoms with Gasteiger partial charge >= 0.3 is 0 Å². The zero-order chi connectivity index (χ0) is 11.1. The van der Waals surface area contributed by atoms with Crippen LogP contribution in [0.5, 0.6) is 0 Å². The molecule has 0 radical (unpaired) electrons. The van der Waals surface area contributed by atoms with Crippen molar-refractivity contribution in [2.45, 2.75) is 46.2 Å². The van der Waals surface area contributed by atoms with Crippen LogP contribution < -0.4 is 5.32 Å². The lowest BCUT2D eigenvalue weighted by atomic mass is 10.1. The molecule has 1 heteroatoms. The van der Waals surface area contributed by atoms with Gasteiger partial charge < -0.3 is 5.32 Å². The second kappa shape index (κ2) is 3.64. The van der Waals surface area contributed by atoms with Gasteiger partial charge in [-0.2, -0.15) is 0 Å². The van der Waals surface area contributed by atoms with E-state index in [4.69, 9.17) is 0 Å². The first-order valence-electron chi connectivity index (χ1n) is 5.82. The zero-order valence-corrected chi connectivity index (χ0v) is 10.2. The molecule has 0 saturated heterocycles. The summed E-state index contributed by atoms with van der Waals surface area (Å²) in [5.74, 6) is 0. The van der Waals surface area contributed by atoms with Crippen molar-refractivity contribution >= 4 is 0 Å². The van der Waals surface area contributed by atoms with E-state index in [1.807, 2.05) is 0 Å². The minimum absolute atomic E-state index is 0.469. The maximum absolute atomic E-state index is 3.69. The Hall–Kier alpha value is -0.820. The van der Waals surface area contributed by atoms with Crippen molar-refractivity contribution in [1.29, 1.82) is 0 Å². The molecule has 0 aliphatic heterocycles. The quantitative estimate of drug-likeness (QED) is 0.793. The van der Waals surface area contributed by atoms with Crippen molar-refractivity contribution in [3.05, 3.63) is 35.4 Å². The Morgan fingerprint density at radius 3 is 2.60 bits per heavy atom. The third-order valence-electron chi connectivity index (χ3n) is 3.51. The first-order chi connectivity index (χ1) is 6.99. The Kier molecular flexibility index (Phi) is 2.59. The van der Waals surface area contributed by atoms with Crippen LogP contribution in [0.4, 0.5) is 0 Å². The van der Waals surface area contributed by atoms with Crippen molar-refractivity contribution in [3.8, 4) is 0 Å². The summed E-state index contributed by atoms with van der Waals surface area (Å²) in [6.45, 7) is 9.06. The lowest BCUT2D eigenvalue weighted by Gasteiger charge is -2.16. The summed E-state index contributed by atoms with van der Waals surface area (Å²) in [7, 11) is 0. The van der Waals surface area contributed by atoms with E-state index in [9.17, 15) is 0 Å². The Morgan fingerprint density at radius 2 is 2.07 bits per heavy atom. The number of nitrogens with one attached hydrogen (secondary N) is 1. The fraction of sp³-hybridized carbons (Fsp3) is 0.571. The van der Waals surface area contributed by atoms with Gasteiger partial charge in [-0.15, -0.1) is 0 Å². The molecule has 1 nitrogen and oxygen atoms in total. The molecule has 0 spiro atoms. The highest BCUT2D eigenvalue weighted by Gasteiger charge is 2.45. The molecular weight excluding hydrogens is 182 g/mol. The molecule has 1 aromatic rings. The fourth-order valence-electron chi connectivity index (χ4n) is 2.09. The molecule has 1 saturated carbocycles. The van der Waals surface area contributed by atoms with Gasteiger partial charge in [-0.3, -0.25) is 0 Å². The summed E-state index contributed by atoms with van der Waals surface area (Å²) in [5.41, 5.74) is 3.26. The average molecular weight is 203 g/mol. The Bertz CT molecular complexity index is 354. The largest absolute Gasteiger partial charge is 0.307 e. The number of benzene rings is 1. The second-order valence-electron chi connectivity index (χ2n) is 5.55. The second-order valence-corrected chi connectivity index (χ2v) is 5.55. The molecule has 0 aromatic heterocycles. The van der Waals surface area contributed by atoms with E-state index in [-0.39, 0.29) is 0 Å². The molecule has 1 aliphatic carbocycles. The topological polar surface area (TPSA) is 12.0 Å². The zero-order valence-electron chi connectivity index (χ0n) is 10.2. The number of hydrogen-bond acceptors (Lipinski definition) is 1. The van der Waals surface area contributed by atoms with Gasteiger partial charge in [0.2, 0.25) is 0 Å². The van der Waals surface area contributed by atoms with Crippen LogP contribution in [0.2, 0.25) is 0 Å². The van der Waals surface area contributed by atoms with Crippen LogP contribution in [0, 0.1) is 12.3 Å². The molecule has 2 rings (SSSR count). The van der Waals surface area contributed by atoms with Gasteiger partial charge in [-0.25, -0.2) is 0 Å². The summed E-state index contributed by atoms with van der Waals surface area (Å²) in [6, 6.07) is 9.94. The van der Waals surface area contributed by atoms with Crippen LogP contribution in [0.1, 0.15) is 44.4 Å². The lowest BCUT2D eigenvalue weighted by molar-refractivity contribution is 0.492. The third-order valence-corrected chi connectivity index (χ3v) is 3.51. The van der Waals surface area contributed by atoms with E-state index in [0.29, 0.717) is 17.5 Å². The first-order valence-corrected chi connectivity index (χ1v) is 5.82. The van der Waals surface area contributed by atoms with Gasteiger partial charge in [-0.1, -0.05) is 43.7 Å². The Morgan fingerprint density at radius 1 is 1.40 bits per heavy atom. The average Bonchev–Trinajstić information content (AvgIpc) is 2.73. The van der Waals surface area contributed by atoms with Crippen molar-refractivity contribution in [2.24, 2.45) is 5.41 Å². The highest BCUT2D eigenvalue weighted by Crippen LogP contribution is 2.45. The highest BCUT2D eigenvalue weighted by atomic mass is 15.0. The van der Waals surface area contributed by atoms with Crippen molar-refractivity contribution in [2.75, 3.05) is 0 Å². The predicted molar refractivity (Wildman–Crippen MR) is 64.9 cm³/mol. The first kappa shape index (κ1) is 10.7. The van der Waals surface area contributed by atoms with Crippen LogP contribution in [0.3, 0.4) is 0 Å². The van der Waals surface area contributed by atoms with Crippen molar-refractivity contribution in [1.82, 2.24) is 5.32 Å². The molecule has 2 unspecified atom stereocenters. The molecular formula is C14H21N. The van der Waals surface area contributed by atoms with E-state index in [2.05, 4.69) is 57.3 Å². The van der Waals surface area contributed by atoms with Gasteiger partial charge in [0.05, 0.1) is 0 Å². The molecule has 0 amide bonds. The summed E-state index contributed by atoms with van der Waals surface area (Å²) in [6.07, 6.45) is 1.31. The van der Waals surface area contributed by atoms with E-state index >= 15 is 0 Å². The molecule has 1 aliphatic rings. The van der Waals surface area contributed by atoms with Crippen LogP contribution in [-0.2, 0) is 0 Å². The summed E-state index contributed by atoms with van der Waals surface area (Å²) >= 11 is 0. The van der Waals surface area contributed by atoms with Gasteiger partial charge in [0.15, 0.2) is 0 Å².